The van der Waals surface area contributed by atoms with Gasteiger partial charge in [-0.05, 0) is 31.9 Å². The van der Waals surface area contributed by atoms with Crippen molar-refractivity contribution >= 4 is 5.69 Å². The lowest BCUT2D eigenvalue weighted by Crippen LogP contribution is -2.34. The van der Waals surface area contributed by atoms with Crippen molar-refractivity contribution in [3.05, 3.63) is 39.7 Å². The molecule has 1 aromatic heterocycles. The first-order valence-corrected chi connectivity index (χ1v) is 6.88. The predicted molar refractivity (Wildman–Crippen MR) is 75.5 cm³/mol. The zero-order valence-corrected chi connectivity index (χ0v) is 11.7. The van der Waals surface area contributed by atoms with Gasteiger partial charge in [-0.2, -0.15) is 4.98 Å². The Balaban J connectivity index is 1.93. The lowest BCUT2D eigenvalue weighted by Gasteiger charge is -2.17. The maximum Gasteiger partial charge on any atom is 0.272 e. The minimum atomic E-state index is -0.502. The van der Waals surface area contributed by atoms with Crippen LogP contribution in [0.3, 0.4) is 0 Å². The molecule has 0 aliphatic heterocycles. The maximum absolute atomic E-state index is 10.8. The Bertz CT molecular complexity index is 689. The Morgan fingerprint density at radius 3 is 2.71 bits per heavy atom. The molecule has 110 valence electrons. The van der Waals surface area contributed by atoms with Crippen LogP contribution in [0.25, 0.3) is 11.5 Å². The quantitative estimate of drug-likeness (QED) is 0.687. The third-order valence-electron chi connectivity index (χ3n) is 4.01. The molecular weight excluding hydrogens is 272 g/mol. The first-order chi connectivity index (χ1) is 9.99. The Morgan fingerprint density at radius 1 is 1.38 bits per heavy atom. The van der Waals surface area contributed by atoms with Gasteiger partial charge in [0.05, 0.1) is 10.5 Å². The molecule has 0 unspecified atom stereocenters. The van der Waals surface area contributed by atoms with Crippen LogP contribution in [-0.2, 0) is 5.54 Å². The predicted octanol–water partition coefficient (Wildman–Crippen LogP) is 2.68. The van der Waals surface area contributed by atoms with E-state index in [1.807, 2.05) is 0 Å². The zero-order chi connectivity index (χ0) is 15.0. The van der Waals surface area contributed by atoms with Gasteiger partial charge in [0.1, 0.15) is 0 Å². The minimum absolute atomic E-state index is 0.0737. The van der Waals surface area contributed by atoms with E-state index >= 15 is 0 Å². The number of nitro groups is 1. The molecule has 2 N–H and O–H groups in total. The molecule has 2 aromatic rings. The van der Waals surface area contributed by atoms with Crippen molar-refractivity contribution < 1.29 is 9.45 Å². The number of nitrogens with two attached hydrogens (primary N) is 1. The highest BCUT2D eigenvalue weighted by Gasteiger charge is 2.36. The van der Waals surface area contributed by atoms with Crippen LogP contribution in [0.4, 0.5) is 5.69 Å². The summed E-state index contributed by atoms with van der Waals surface area (Å²) < 4.78 is 5.27. The Labute approximate surface area is 121 Å². The molecular formula is C14H16N4O3. The number of hydrogen-bond donors (Lipinski definition) is 1. The summed E-state index contributed by atoms with van der Waals surface area (Å²) in [5.41, 5.74) is 7.08. The molecule has 0 atom stereocenters. The third kappa shape index (κ3) is 2.40. The van der Waals surface area contributed by atoms with Gasteiger partial charge in [0, 0.05) is 17.2 Å². The van der Waals surface area contributed by atoms with Gasteiger partial charge in [-0.25, -0.2) is 0 Å². The first-order valence-electron chi connectivity index (χ1n) is 6.88. The lowest BCUT2D eigenvalue weighted by atomic mass is 9.98. The summed E-state index contributed by atoms with van der Waals surface area (Å²) in [5, 5.41) is 14.8. The van der Waals surface area contributed by atoms with Gasteiger partial charge in [0.2, 0.25) is 0 Å². The number of aryl methyl sites for hydroxylation is 1. The average Bonchev–Trinajstić information content (AvgIpc) is 3.07. The zero-order valence-electron chi connectivity index (χ0n) is 11.7. The summed E-state index contributed by atoms with van der Waals surface area (Å²) in [6, 6.07) is 4.73. The van der Waals surface area contributed by atoms with E-state index in [9.17, 15) is 10.1 Å². The second kappa shape index (κ2) is 4.92. The van der Waals surface area contributed by atoms with Crippen molar-refractivity contribution in [1.29, 1.82) is 0 Å². The van der Waals surface area contributed by atoms with Crippen molar-refractivity contribution in [2.75, 3.05) is 0 Å². The SMILES string of the molecule is Cc1cc(-c2nc(C3(N)CCCC3)no2)ccc1[N+](=O)[O-]. The summed E-state index contributed by atoms with van der Waals surface area (Å²) in [4.78, 5) is 14.8. The number of nitrogens with zero attached hydrogens (tertiary/aromatic N) is 3. The van der Waals surface area contributed by atoms with Gasteiger partial charge in [-0.1, -0.05) is 18.0 Å². The molecule has 0 saturated heterocycles. The summed E-state index contributed by atoms with van der Waals surface area (Å²) in [6.07, 6.45) is 3.84. The molecule has 3 rings (SSSR count). The van der Waals surface area contributed by atoms with Crippen LogP contribution in [0.2, 0.25) is 0 Å². The van der Waals surface area contributed by atoms with E-state index in [2.05, 4.69) is 10.1 Å². The highest BCUT2D eigenvalue weighted by molar-refractivity contribution is 5.58. The van der Waals surface area contributed by atoms with E-state index in [1.165, 1.54) is 6.07 Å². The second-order valence-corrected chi connectivity index (χ2v) is 5.54. The Hall–Kier alpha value is -2.28. The van der Waals surface area contributed by atoms with Gasteiger partial charge < -0.3 is 10.3 Å². The molecule has 1 aliphatic rings. The smallest absolute Gasteiger partial charge is 0.272 e. The molecule has 1 fully saturated rings. The molecule has 21 heavy (non-hydrogen) atoms. The Morgan fingerprint density at radius 2 is 2.10 bits per heavy atom. The van der Waals surface area contributed by atoms with Crippen LogP contribution in [0, 0.1) is 17.0 Å². The molecule has 1 heterocycles. The summed E-state index contributed by atoms with van der Waals surface area (Å²) >= 11 is 0. The van der Waals surface area contributed by atoms with E-state index in [-0.39, 0.29) is 5.69 Å². The number of nitro benzene ring substituents is 1. The number of hydrogen-bond acceptors (Lipinski definition) is 6. The first kappa shape index (κ1) is 13.7. The van der Waals surface area contributed by atoms with Crippen molar-refractivity contribution in [1.82, 2.24) is 10.1 Å². The number of benzene rings is 1. The molecule has 0 spiro atoms. The van der Waals surface area contributed by atoms with E-state index < -0.39 is 10.5 Å². The summed E-state index contributed by atoms with van der Waals surface area (Å²) in [7, 11) is 0. The van der Waals surface area contributed by atoms with Crippen LogP contribution in [0.15, 0.2) is 22.7 Å². The van der Waals surface area contributed by atoms with Crippen LogP contribution < -0.4 is 5.73 Å². The molecule has 0 bridgehead atoms. The third-order valence-corrected chi connectivity index (χ3v) is 4.01. The Kier molecular flexibility index (Phi) is 3.21. The van der Waals surface area contributed by atoms with Gasteiger partial charge >= 0.3 is 0 Å². The lowest BCUT2D eigenvalue weighted by molar-refractivity contribution is -0.385. The van der Waals surface area contributed by atoms with Gasteiger partial charge in [-0.15, -0.1) is 0 Å². The fraction of sp³-hybridized carbons (Fsp3) is 0.429. The standard InChI is InChI=1S/C14H16N4O3/c1-9-8-10(4-5-11(9)18(19)20)12-16-13(17-21-12)14(15)6-2-3-7-14/h4-5,8H,2-3,6-7,15H2,1H3. The monoisotopic (exact) mass is 288 g/mol. The van der Waals surface area contributed by atoms with Gasteiger partial charge in [-0.3, -0.25) is 10.1 Å². The fourth-order valence-electron chi connectivity index (χ4n) is 2.77. The molecule has 0 radical (unpaired) electrons. The van der Waals surface area contributed by atoms with Crippen LogP contribution in [-0.4, -0.2) is 15.1 Å². The van der Waals surface area contributed by atoms with Crippen molar-refractivity contribution in [2.24, 2.45) is 5.73 Å². The van der Waals surface area contributed by atoms with E-state index in [0.29, 0.717) is 22.8 Å². The minimum Gasteiger partial charge on any atom is -0.334 e. The molecule has 7 heteroatoms. The van der Waals surface area contributed by atoms with Gasteiger partial charge in [0.15, 0.2) is 5.82 Å². The van der Waals surface area contributed by atoms with Crippen LogP contribution >= 0.6 is 0 Å². The highest BCUT2D eigenvalue weighted by Crippen LogP contribution is 2.35. The molecule has 0 amide bonds. The second-order valence-electron chi connectivity index (χ2n) is 5.54. The summed E-state index contributed by atoms with van der Waals surface area (Å²) in [5.74, 6) is 0.866. The molecule has 1 aliphatic carbocycles. The van der Waals surface area contributed by atoms with Crippen molar-refractivity contribution in [2.45, 2.75) is 38.1 Å². The highest BCUT2D eigenvalue weighted by atomic mass is 16.6. The number of aromatic nitrogens is 2. The fourth-order valence-corrected chi connectivity index (χ4v) is 2.77. The van der Waals surface area contributed by atoms with E-state index in [1.54, 1.807) is 19.1 Å². The van der Waals surface area contributed by atoms with E-state index in [0.717, 1.165) is 25.7 Å². The topological polar surface area (TPSA) is 108 Å². The molecule has 1 aromatic carbocycles. The maximum atomic E-state index is 10.8. The largest absolute Gasteiger partial charge is 0.334 e. The van der Waals surface area contributed by atoms with Crippen molar-refractivity contribution in [3.63, 3.8) is 0 Å². The van der Waals surface area contributed by atoms with Crippen LogP contribution in [0.5, 0.6) is 0 Å². The normalized spacial score (nSPS) is 17.0. The molecule has 1 saturated carbocycles. The van der Waals surface area contributed by atoms with E-state index in [4.69, 9.17) is 10.3 Å². The number of rotatable bonds is 3. The molecule has 7 nitrogen and oxygen atoms in total. The van der Waals surface area contributed by atoms with Crippen LogP contribution in [0.1, 0.15) is 37.1 Å². The average molecular weight is 288 g/mol. The summed E-state index contributed by atoms with van der Waals surface area (Å²) in [6.45, 7) is 1.68. The van der Waals surface area contributed by atoms with Gasteiger partial charge in [0.25, 0.3) is 11.6 Å². The van der Waals surface area contributed by atoms with Crippen molar-refractivity contribution in [3.8, 4) is 11.5 Å².